The van der Waals surface area contributed by atoms with Gasteiger partial charge in [-0.25, -0.2) is 8.42 Å². The van der Waals surface area contributed by atoms with Gasteiger partial charge in [0.15, 0.2) is 0 Å². The first kappa shape index (κ1) is 14.5. The van der Waals surface area contributed by atoms with Crippen molar-refractivity contribution >= 4 is 10.0 Å². The summed E-state index contributed by atoms with van der Waals surface area (Å²) in [4.78, 5) is 0.390. The number of allylic oxidation sites excluding steroid dienone is 3. The maximum Gasteiger partial charge on any atom is 0.243 e. The minimum absolute atomic E-state index is 0.0450. The standard InChI is InChI=1S/C17H21NO2S/c1-13-6-8-15(9-7-13)21(19,20)18-11-16-14(2)5-4-10-17(16,3)12-18/h4-9H,10-12H2,1-3H3. The molecule has 1 heterocycles. The highest BCUT2D eigenvalue weighted by Gasteiger charge is 2.44. The lowest BCUT2D eigenvalue weighted by Crippen LogP contribution is -2.31. The zero-order chi connectivity index (χ0) is 15.3. The van der Waals surface area contributed by atoms with Crippen LogP contribution in [0.2, 0.25) is 0 Å². The van der Waals surface area contributed by atoms with E-state index in [0.29, 0.717) is 18.0 Å². The Kier molecular flexibility index (Phi) is 3.34. The molecule has 0 amide bonds. The molecule has 1 atom stereocenters. The van der Waals surface area contributed by atoms with Gasteiger partial charge in [-0.3, -0.25) is 0 Å². The molecule has 0 saturated carbocycles. The molecule has 0 spiro atoms. The van der Waals surface area contributed by atoms with Gasteiger partial charge in [0.05, 0.1) is 4.90 Å². The smallest absolute Gasteiger partial charge is 0.207 e. The van der Waals surface area contributed by atoms with Crippen molar-refractivity contribution in [2.45, 2.75) is 32.1 Å². The van der Waals surface area contributed by atoms with Gasteiger partial charge in [-0.1, -0.05) is 42.3 Å². The second-order valence-electron chi connectivity index (χ2n) is 6.41. The van der Waals surface area contributed by atoms with Crippen LogP contribution in [-0.4, -0.2) is 25.8 Å². The van der Waals surface area contributed by atoms with E-state index in [1.165, 1.54) is 11.1 Å². The highest BCUT2D eigenvalue weighted by molar-refractivity contribution is 7.89. The molecule has 21 heavy (non-hydrogen) atoms. The summed E-state index contributed by atoms with van der Waals surface area (Å²) in [5.74, 6) is 0. The van der Waals surface area contributed by atoms with Gasteiger partial charge >= 0.3 is 0 Å². The molecule has 0 bridgehead atoms. The molecule has 4 heteroatoms. The van der Waals surface area contributed by atoms with Crippen LogP contribution in [0, 0.1) is 12.3 Å². The van der Waals surface area contributed by atoms with E-state index in [4.69, 9.17) is 0 Å². The predicted molar refractivity (Wildman–Crippen MR) is 84.5 cm³/mol. The highest BCUT2D eigenvalue weighted by Crippen LogP contribution is 2.44. The Morgan fingerprint density at radius 1 is 1.14 bits per heavy atom. The first-order valence-electron chi connectivity index (χ1n) is 7.26. The molecule has 1 aliphatic carbocycles. The number of hydrogen-bond donors (Lipinski definition) is 0. The maximum atomic E-state index is 12.8. The van der Waals surface area contributed by atoms with E-state index >= 15 is 0 Å². The van der Waals surface area contributed by atoms with Crippen LogP contribution >= 0.6 is 0 Å². The fraction of sp³-hybridized carbons (Fsp3) is 0.412. The van der Waals surface area contributed by atoms with Crippen molar-refractivity contribution in [2.24, 2.45) is 5.41 Å². The van der Waals surface area contributed by atoms with Gasteiger partial charge in [-0.2, -0.15) is 4.31 Å². The van der Waals surface area contributed by atoms with Crippen molar-refractivity contribution < 1.29 is 8.42 Å². The van der Waals surface area contributed by atoms with Crippen molar-refractivity contribution in [2.75, 3.05) is 13.1 Å². The zero-order valence-corrected chi connectivity index (χ0v) is 13.6. The number of aryl methyl sites for hydroxylation is 1. The normalized spacial score (nSPS) is 26.2. The molecular weight excluding hydrogens is 282 g/mol. The Labute approximate surface area is 127 Å². The summed E-state index contributed by atoms with van der Waals surface area (Å²) in [6.45, 7) is 7.29. The average molecular weight is 303 g/mol. The number of hydrogen-bond acceptors (Lipinski definition) is 2. The summed E-state index contributed by atoms with van der Waals surface area (Å²) in [6, 6.07) is 7.11. The van der Waals surface area contributed by atoms with Gasteiger partial charge in [0.1, 0.15) is 0 Å². The molecule has 1 aliphatic heterocycles. The summed E-state index contributed by atoms with van der Waals surface area (Å²) in [5.41, 5.74) is 3.50. The van der Waals surface area contributed by atoms with Crippen molar-refractivity contribution in [3.8, 4) is 0 Å². The summed E-state index contributed by atoms with van der Waals surface area (Å²) >= 11 is 0. The Morgan fingerprint density at radius 3 is 2.43 bits per heavy atom. The van der Waals surface area contributed by atoms with Crippen LogP contribution in [0.1, 0.15) is 25.8 Å². The lowest BCUT2D eigenvalue weighted by Gasteiger charge is -2.28. The molecule has 0 N–H and O–H groups in total. The summed E-state index contributed by atoms with van der Waals surface area (Å²) < 4.78 is 27.3. The Morgan fingerprint density at radius 2 is 1.81 bits per heavy atom. The summed E-state index contributed by atoms with van der Waals surface area (Å²) in [6.07, 6.45) is 5.18. The highest BCUT2D eigenvalue weighted by atomic mass is 32.2. The van der Waals surface area contributed by atoms with Crippen molar-refractivity contribution in [3.63, 3.8) is 0 Å². The SMILES string of the molecule is CC1=C2CN(S(=O)(=O)c3ccc(C)cc3)CC2(C)CC=C1. The average Bonchev–Trinajstić information content (AvgIpc) is 2.79. The van der Waals surface area contributed by atoms with Crippen LogP contribution in [-0.2, 0) is 10.0 Å². The van der Waals surface area contributed by atoms with Crippen LogP contribution in [0.5, 0.6) is 0 Å². The molecule has 3 rings (SSSR count). The van der Waals surface area contributed by atoms with E-state index in [1.807, 2.05) is 19.1 Å². The predicted octanol–water partition coefficient (Wildman–Crippen LogP) is 3.28. The van der Waals surface area contributed by atoms with E-state index in [0.717, 1.165) is 12.0 Å². The summed E-state index contributed by atoms with van der Waals surface area (Å²) in [7, 11) is -3.40. The summed E-state index contributed by atoms with van der Waals surface area (Å²) in [5, 5.41) is 0. The minimum atomic E-state index is -3.40. The molecule has 0 aromatic heterocycles. The van der Waals surface area contributed by atoms with Gasteiger partial charge < -0.3 is 0 Å². The molecule has 1 fully saturated rings. The molecule has 1 saturated heterocycles. The van der Waals surface area contributed by atoms with Crippen LogP contribution in [0.3, 0.4) is 0 Å². The zero-order valence-electron chi connectivity index (χ0n) is 12.8. The quantitative estimate of drug-likeness (QED) is 0.841. The van der Waals surface area contributed by atoms with E-state index in [9.17, 15) is 8.42 Å². The van der Waals surface area contributed by atoms with E-state index < -0.39 is 10.0 Å². The topological polar surface area (TPSA) is 37.4 Å². The molecular formula is C17H21NO2S. The lowest BCUT2D eigenvalue weighted by atomic mass is 9.77. The second-order valence-corrected chi connectivity index (χ2v) is 8.35. The fourth-order valence-corrected chi connectivity index (χ4v) is 4.85. The van der Waals surface area contributed by atoms with Crippen LogP contribution in [0.15, 0.2) is 52.5 Å². The lowest BCUT2D eigenvalue weighted by molar-refractivity contribution is 0.373. The van der Waals surface area contributed by atoms with Crippen LogP contribution < -0.4 is 0 Å². The number of rotatable bonds is 2. The maximum absolute atomic E-state index is 12.8. The van der Waals surface area contributed by atoms with Crippen molar-refractivity contribution in [3.05, 3.63) is 53.1 Å². The van der Waals surface area contributed by atoms with Gasteiger partial charge in [-0.15, -0.1) is 0 Å². The fourth-order valence-electron chi connectivity index (χ4n) is 3.32. The number of nitrogens with zero attached hydrogens (tertiary/aromatic N) is 1. The molecule has 3 nitrogen and oxygen atoms in total. The van der Waals surface area contributed by atoms with Gasteiger partial charge in [0, 0.05) is 18.5 Å². The first-order chi connectivity index (χ1) is 9.83. The third-order valence-corrected chi connectivity index (χ3v) is 6.47. The second kappa shape index (κ2) is 4.82. The molecule has 1 unspecified atom stereocenters. The Hall–Kier alpha value is -1.39. The molecule has 112 valence electrons. The van der Waals surface area contributed by atoms with Crippen molar-refractivity contribution in [1.82, 2.24) is 4.31 Å². The third kappa shape index (κ3) is 2.36. The van der Waals surface area contributed by atoms with E-state index in [1.54, 1.807) is 16.4 Å². The monoisotopic (exact) mass is 303 g/mol. The van der Waals surface area contributed by atoms with Crippen molar-refractivity contribution in [1.29, 1.82) is 0 Å². The molecule has 1 aromatic carbocycles. The molecule has 0 radical (unpaired) electrons. The number of fused-ring (bicyclic) bond motifs is 1. The Bertz CT molecular complexity index is 729. The minimum Gasteiger partial charge on any atom is -0.207 e. The number of benzene rings is 1. The van der Waals surface area contributed by atoms with E-state index in [2.05, 4.69) is 26.0 Å². The van der Waals surface area contributed by atoms with Crippen LogP contribution in [0.4, 0.5) is 0 Å². The largest absolute Gasteiger partial charge is 0.243 e. The van der Waals surface area contributed by atoms with Crippen LogP contribution in [0.25, 0.3) is 0 Å². The first-order valence-corrected chi connectivity index (χ1v) is 8.70. The third-order valence-electron chi connectivity index (χ3n) is 4.66. The molecule has 1 aromatic rings. The number of sulfonamides is 1. The Balaban J connectivity index is 1.96. The van der Waals surface area contributed by atoms with Gasteiger partial charge in [-0.05, 0) is 38.0 Å². The van der Waals surface area contributed by atoms with Gasteiger partial charge in [0.25, 0.3) is 0 Å². The van der Waals surface area contributed by atoms with E-state index in [-0.39, 0.29) is 5.41 Å². The van der Waals surface area contributed by atoms with Gasteiger partial charge in [0.2, 0.25) is 10.0 Å². The molecule has 2 aliphatic rings.